The molecule has 1 aromatic rings. The topological polar surface area (TPSA) is 59.4 Å². The average molecular weight is 294 g/mol. The molecule has 6 nitrogen and oxygen atoms in total. The normalized spacial score (nSPS) is 17.5. The second-order valence-electron chi connectivity index (χ2n) is 5.73. The fourth-order valence-corrected chi connectivity index (χ4v) is 2.77. The quantitative estimate of drug-likeness (QED) is 0.903. The Labute approximate surface area is 126 Å². The molecule has 1 atom stereocenters. The fourth-order valence-electron chi connectivity index (χ4n) is 2.77. The molecule has 0 aromatic carbocycles. The van der Waals surface area contributed by atoms with Crippen LogP contribution in [0.4, 0.5) is 4.79 Å². The van der Waals surface area contributed by atoms with E-state index in [0.717, 1.165) is 44.7 Å². The third-order valence-corrected chi connectivity index (χ3v) is 4.14. The first-order chi connectivity index (χ1) is 10.1. The lowest BCUT2D eigenvalue weighted by Crippen LogP contribution is -2.42. The molecular weight excluding hydrogens is 268 g/mol. The molecule has 0 radical (unpaired) electrons. The highest BCUT2D eigenvalue weighted by Crippen LogP contribution is 2.18. The van der Waals surface area contributed by atoms with Crippen LogP contribution in [0.15, 0.2) is 12.3 Å². The van der Waals surface area contributed by atoms with Crippen LogP contribution in [0.5, 0.6) is 0 Å². The summed E-state index contributed by atoms with van der Waals surface area (Å²) < 4.78 is 7.17. The number of amides is 2. The van der Waals surface area contributed by atoms with Crippen molar-refractivity contribution in [2.75, 3.05) is 26.8 Å². The molecule has 0 bridgehead atoms. The number of urea groups is 1. The lowest BCUT2D eigenvalue weighted by molar-refractivity contribution is 0.0584. The van der Waals surface area contributed by atoms with Crippen LogP contribution < -0.4 is 5.32 Å². The first kappa shape index (κ1) is 15.8. The average Bonchev–Trinajstić information content (AvgIpc) is 2.91. The van der Waals surface area contributed by atoms with Crippen LogP contribution in [0.3, 0.4) is 0 Å². The van der Waals surface area contributed by atoms with E-state index in [2.05, 4.69) is 17.3 Å². The number of aromatic nitrogens is 2. The highest BCUT2D eigenvalue weighted by atomic mass is 16.5. The number of hydrogen-bond donors (Lipinski definition) is 1. The molecule has 1 aliphatic heterocycles. The minimum atomic E-state index is -0.0189. The van der Waals surface area contributed by atoms with Crippen LogP contribution in [-0.2, 0) is 11.8 Å². The minimum Gasteiger partial charge on any atom is -0.381 e. The van der Waals surface area contributed by atoms with Crippen molar-refractivity contribution in [2.45, 2.75) is 32.2 Å². The lowest BCUT2D eigenvalue weighted by Gasteiger charge is -2.28. The Morgan fingerprint density at radius 2 is 2.29 bits per heavy atom. The van der Waals surface area contributed by atoms with E-state index < -0.39 is 0 Å². The van der Waals surface area contributed by atoms with Gasteiger partial charge < -0.3 is 15.0 Å². The van der Waals surface area contributed by atoms with Gasteiger partial charge in [0.15, 0.2) is 0 Å². The number of carbonyl (C=O) groups excluding carboxylic acids is 1. The van der Waals surface area contributed by atoms with E-state index in [4.69, 9.17) is 4.74 Å². The van der Waals surface area contributed by atoms with E-state index in [1.165, 1.54) is 0 Å². The standard InChI is InChI=1S/C15H26N4O2/c1-4-13(14-5-8-16-19(14)3)17-15(20)18(2)11-12-6-9-21-10-7-12/h5,8,12-13H,4,6-7,9-11H2,1-3H3,(H,17,20). The van der Waals surface area contributed by atoms with Crippen molar-refractivity contribution in [3.05, 3.63) is 18.0 Å². The van der Waals surface area contributed by atoms with Gasteiger partial charge in [0.25, 0.3) is 0 Å². The molecule has 2 amide bonds. The largest absolute Gasteiger partial charge is 0.381 e. The fraction of sp³-hybridized carbons (Fsp3) is 0.733. The maximum Gasteiger partial charge on any atom is 0.317 e. The zero-order valence-corrected chi connectivity index (χ0v) is 13.2. The second-order valence-corrected chi connectivity index (χ2v) is 5.73. The summed E-state index contributed by atoms with van der Waals surface area (Å²) in [4.78, 5) is 14.1. The molecule has 1 aromatic heterocycles. The van der Waals surface area contributed by atoms with Crippen LogP contribution >= 0.6 is 0 Å². The van der Waals surface area contributed by atoms with Crippen LogP contribution in [-0.4, -0.2) is 47.5 Å². The Morgan fingerprint density at radius 1 is 1.57 bits per heavy atom. The lowest BCUT2D eigenvalue weighted by atomic mass is 10.00. The van der Waals surface area contributed by atoms with Crippen molar-refractivity contribution in [1.82, 2.24) is 20.0 Å². The zero-order chi connectivity index (χ0) is 15.2. The van der Waals surface area contributed by atoms with Crippen LogP contribution in [0.25, 0.3) is 0 Å². The van der Waals surface area contributed by atoms with Crippen molar-refractivity contribution in [3.63, 3.8) is 0 Å². The zero-order valence-electron chi connectivity index (χ0n) is 13.2. The highest BCUT2D eigenvalue weighted by molar-refractivity contribution is 5.74. The van der Waals surface area contributed by atoms with Gasteiger partial charge in [0.2, 0.25) is 0 Å². The molecule has 1 saturated heterocycles. The Hall–Kier alpha value is -1.56. The first-order valence-electron chi connectivity index (χ1n) is 7.69. The number of nitrogens with one attached hydrogen (secondary N) is 1. The van der Waals surface area contributed by atoms with E-state index in [-0.39, 0.29) is 12.1 Å². The minimum absolute atomic E-state index is 0.00198. The molecule has 2 rings (SSSR count). The molecule has 2 heterocycles. The van der Waals surface area contributed by atoms with Gasteiger partial charge in [-0.15, -0.1) is 0 Å². The number of hydrogen-bond acceptors (Lipinski definition) is 3. The van der Waals surface area contributed by atoms with Crippen molar-refractivity contribution in [2.24, 2.45) is 13.0 Å². The number of nitrogens with zero attached hydrogens (tertiary/aromatic N) is 3. The molecule has 0 saturated carbocycles. The Kier molecular flexibility index (Phi) is 5.61. The van der Waals surface area contributed by atoms with Gasteiger partial charge >= 0.3 is 6.03 Å². The molecule has 1 fully saturated rings. The van der Waals surface area contributed by atoms with Gasteiger partial charge in [0.05, 0.1) is 11.7 Å². The van der Waals surface area contributed by atoms with Crippen molar-refractivity contribution in [3.8, 4) is 0 Å². The summed E-state index contributed by atoms with van der Waals surface area (Å²) in [6.45, 7) is 4.48. The van der Waals surface area contributed by atoms with Gasteiger partial charge in [0.1, 0.15) is 0 Å². The maximum atomic E-state index is 12.3. The van der Waals surface area contributed by atoms with Gasteiger partial charge in [-0.1, -0.05) is 6.92 Å². The van der Waals surface area contributed by atoms with Crippen LogP contribution in [0.2, 0.25) is 0 Å². The van der Waals surface area contributed by atoms with Gasteiger partial charge in [-0.25, -0.2) is 4.79 Å². The van der Waals surface area contributed by atoms with E-state index in [9.17, 15) is 4.79 Å². The Bertz CT molecular complexity index is 454. The molecule has 21 heavy (non-hydrogen) atoms. The van der Waals surface area contributed by atoms with Crippen LogP contribution in [0.1, 0.15) is 37.9 Å². The predicted molar refractivity (Wildman–Crippen MR) is 80.9 cm³/mol. The number of ether oxygens (including phenoxy) is 1. The van der Waals surface area contributed by atoms with Crippen molar-refractivity contribution in [1.29, 1.82) is 0 Å². The smallest absolute Gasteiger partial charge is 0.317 e. The van der Waals surface area contributed by atoms with Gasteiger partial charge in [-0.3, -0.25) is 4.68 Å². The molecule has 0 spiro atoms. The van der Waals surface area contributed by atoms with Crippen molar-refractivity contribution >= 4 is 6.03 Å². The highest BCUT2D eigenvalue weighted by Gasteiger charge is 2.21. The maximum absolute atomic E-state index is 12.3. The molecule has 118 valence electrons. The predicted octanol–water partition coefficient (Wildman–Crippen LogP) is 1.94. The Morgan fingerprint density at radius 3 is 2.86 bits per heavy atom. The first-order valence-corrected chi connectivity index (χ1v) is 7.69. The summed E-state index contributed by atoms with van der Waals surface area (Å²) in [5.41, 5.74) is 1.03. The van der Waals surface area contributed by atoms with E-state index in [1.807, 2.05) is 24.8 Å². The summed E-state index contributed by atoms with van der Waals surface area (Å²) in [7, 11) is 3.76. The van der Waals surface area contributed by atoms with Gasteiger partial charge in [-0.2, -0.15) is 5.10 Å². The SMILES string of the molecule is CCC(NC(=O)N(C)CC1CCOCC1)c1ccnn1C. The number of aryl methyl sites for hydroxylation is 1. The van der Waals surface area contributed by atoms with E-state index >= 15 is 0 Å². The molecule has 1 N–H and O–H groups in total. The molecule has 0 aliphatic carbocycles. The van der Waals surface area contributed by atoms with E-state index in [1.54, 1.807) is 11.1 Å². The summed E-state index contributed by atoms with van der Waals surface area (Å²) in [5.74, 6) is 0.547. The monoisotopic (exact) mass is 294 g/mol. The van der Waals surface area contributed by atoms with Gasteiger partial charge in [0, 0.05) is 40.1 Å². The van der Waals surface area contributed by atoms with Crippen LogP contribution in [0, 0.1) is 5.92 Å². The molecule has 1 aliphatic rings. The second kappa shape index (κ2) is 7.45. The summed E-state index contributed by atoms with van der Waals surface area (Å²) in [6.07, 6.45) is 4.68. The van der Waals surface area contributed by atoms with E-state index in [0.29, 0.717) is 5.92 Å². The third kappa shape index (κ3) is 4.20. The molecule has 6 heteroatoms. The number of carbonyl (C=O) groups is 1. The molecule has 1 unspecified atom stereocenters. The van der Waals surface area contributed by atoms with Gasteiger partial charge in [-0.05, 0) is 31.2 Å². The molecular formula is C15H26N4O2. The Balaban J connectivity index is 1.88. The summed E-state index contributed by atoms with van der Waals surface area (Å²) >= 11 is 0. The summed E-state index contributed by atoms with van der Waals surface area (Å²) in [5, 5.41) is 7.26. The third-order valence-electron chi connectivity index (χ3n) is 4.14. The number of rotatable bonds is 5. The van der Waals surface area contributed by atoms with Crippen molar-refractivity contribution < 1.29 is 9.53 Å². The summed E-state index contributed by atoms with van der Waals surface area (Å²) in [6, 6.07) is 1.93.